The van der Waals surface area contributed by atoms with Gasteiger partial charge in [-0.25, -0.2) is 9.78 Å². The summed E-state index contributed by atoms with van der Waals surface area (Å²) in [7, 11) is 0. The number of rotatable bonds is 9. The minimum atomic E-state index is -0.478. The minimum Gasteiger partial charge on any atom is -0.460 e. The number of hydrogen-bond donors (Lipinski definition) is 0. The van der Waals surface area contributed by atoms with E-state index in [1.807, 2.05) is 57.2 Å². The fraction of sp³-hybridized carbons (Fsp3) is 0.360. The number of nitrogens with zero attached hydrogens (tertiary/aromatic N) is 2. The third-order valence-electron chi connectivity index (χ3n) is 4.52. The van der Waals surface area contributed by atoms with Gasteiger partial charge in [-0.1, -0.05) is 56.8 Å². The molecular formula is C25H28N2O6. The molecule has 0 amide bonds. The van der Waals surface area contributed by atoms with Gasteiger partial charge in [0.2, 0.25) is 0 Å². The highest BCUT2D eigenvalue weighted by Crippen LogP contribution is 2.35. The maximum Gasteiger partial charge on any atom is 0.333 e. The van der Waals surface area contributed by atoms with Crippen LogP contribution in [0.1, 0.15) is 39.8 Å². The maximum absolute atomic E-state index is 12.4. The SMILES string of the molecule is C=C(C)C(=O)OCCOCc1noc(OC(=O)CC(C)(C)C)c1-c1ccc2ccccc2n1. The number of carbonyl (C=O) groups excluding carboxylic acids is 2. The second kappa shape index (κ2) is 10.4. The third-order valence-corrected chi connectivity index (χ3v) is 4.52. The van der Waals surface area contributed by atoms with E-state index in [0.717, 1.165) is 10.9 Å². The summed E-state index contributed by atoms with van der Waals surface area (Å²) in [5, 5.41) is 5.02. The molecule has 8 heteroatoms. The van der Waals surface area contributed by atoms with Crippen LogP contribution in [0.5, 0.6) is 5.95 Å². The first-order chi connectivity index (χ1) is 15.6. The molecule has 0 fully saturated rings. The number of pyridine rings is 1. The van der Waals surface area contributed by atoms with Crippen LogP contribution in [-0.4, -0.2) is 35.3 Å². The van der Waals surface area contributed by atoms with Crippen molar-refractivity contribution in [3.05, 3.63) is 54.2 Å². The average Bonchev–Trinajstić information content (AvgIpc) is 3.13. The summed E-state index contributed by atoms with van der Waals surface area (Å²) in [6.45, 7) is 11.2. The molecular weight excluding hydrogens is 424 g/mol. The van der Waals surface area contributed by atoms with Crippen molar-refractivity contribution in [2.24, 2.45) is 5.41 Å². The van der Waals surface area contributed by atoms with Crippen molar-refractivity contribution in [2.45, 2.75) is 40.7 Å². The van der Waals surface area contributed by atoms with Crippen LogP contribution in [0.4, 0.5) is 0 Å². The molecule has 8 nitrogen and oxygen atoms in total. The monoisotopic (exact) mass is 452 g/mol. The molecule has 0 aliphatic heterocycles. The molecule has 33 heavy (non-hydrogen) atoms. The lowest BCUT2D eigenvalue weighted by Gasteiger charge is -2.15. The molecule has 1 aromatic carbocycles. The van der Waals surface area contributed by atoms with Gasteiger partial charge in [0.25, 0.3) is 0 Å². The van der Waals surface area contributed by atoms with Gasteiger partial charge in [0.05, 0.1) is 30.8 Å². The Labute approximate surface area is 192 Å². The average molecular weight is 453 g/mol. The Hall–Kier alpha value is -3.52. The smallest absolute Gasteiger partial charge is 0.333 e. The van der Waals surface area contributed by atoms with Crippen LogP contribution in [0, 0.1) is 5.41 Å². The van der Waals surface area contributed by atoms with Crippen LogP contribution in [-0.2, 0) is 25.7 Å². The summed E-state index contributed by atoms with van der Waals surface area (Å²) in [6.07, 6.45) is 0.207. The fourth-order valence-electron chi connectivity index (χ4n) is 2.99. The first kappa shape index (κ1) is 24.1. The van der Waals surface area contributed by atoms with E-state index >= 15 is 0 Å². The highest BCUT2D eigenvalue weighted by molar-refractivity contribution is 5.87. The quantitative estimate of drug-likeness (QED) is 0.258. The van der Waals surface area contributed by atoms with Gasteiger partial charge in [0, 0.05) is 11.0 Å². The van der Waals surface area contributed by atoms with Crippen molar-refractivity contribution in [3.8, 4) is 17.2 Å². The first-order valence-electron chi connectivity index (χ1n) is 10.6. The summed E-state index contributed by atoms with van der Waals surface area (Å²) >= 11 is 0. The number of carbonyl (C=O) groups is 2. The summed E-state index contributed by atoms with van der Waals surface area (Å²) in [5.41, 5.74) is 2.26. The number of ether oxygens (including phenoxy) is 3. The number of esters is 2. The van der Waals surface area contributed by atoms with Gasteiger partial charge >= 0.3 is 17.9 Å². The molecule has 2 heterocycles. The van der Waals surface area contributed by atoms with Gasteiger partial charge in [-0.3, -0.25) is 4.79 Å². The summed E-state index contributed by atoms with van der Waals surface area (Å²) < 4.78 is 21.5. The van der Waals surface area contributed by atoms with Gasteiger partial charge in [0.15, 0.2) is 0 Å². The Morgan fingerprint density at radius 1 is 1.09 bits per heavy atom. The zero-order chi connectivity index (χ0) is 24.0. The van der Waals surface area contributed by atoms with Crippen molar-refractivity contribution in [2.75, 3.05) is 13.2 Å². The molecule has 0 radical (unpaired) electrons. The van der Waals surface area contributed by atoms with Crippen molar-refractivity contribution in [3.63, 3.8) is 0 Å². The Morgan fingerprint density at radius 3 is 2.58 bits per heavy atom. The van der Waals surface area contributed by atoms with Crippen LogP contribution in [0.25, 0.3) is 22.2 Å². The third kappa shape index (κ3) is 6.73. The van der Waals surface area contributed by atoms with Crippen molar-refractivity contribution >= 4 is 22.8 Å². The zero-order valence-electron chi connectivity index (χ0n) is 19.3. The lowest BCUT2D eigenvalue weighted by molar-refractivity contribution is -0.140. The van der Waals surface area contributed by atoms with Crippen molar-refractivity contribution in [1.82, 2.24) is 10.1 Å². The van der Waals surface area contributed by atoms with Gasteiger partial charge < -0.3 is 18.7 Å². The molecule has 0 bridgehead atoms. The Balaban J connectivity index is 1.81. The number of fused-ring (bicyclic) bond motifs is 1. The van der Waals surface area contributed by atoms with Crippen molar-refractivity contribution in [1.29, 1.82) is 0 Å². The summed E-state index contributed by atoms with van der Waals surface area (Å²) in [4.78, 5) is 28.6. The largest absolute Gasteiger partial charge is 0.460 e. The van der Waals surface area contributed by atoms with E-state index in [2.05, 4.69) is 16.7 Å². The molecule has 0 saturated heterocycles. The van der Waals surface area contributed by atoms with E-state index in [-0.39, 0.29) is 37.6 Å². The summed E-state index contributed by atoms with van der Waals surface area (Å²) in [5.74, 6) is -0.937. The number of para-hydroxylation sites is 1. The van der Waals surface area contributed by atoms with E-state index in [4.69, 9.17) is 18.7 Å². The Kier molecular flexibility index (Phi) is 7.60. The van der Waals surface area contributed by atoms with Crippen LogP contribution in [0.2, 0.25) is 0 Å². The normalized spacial score (nSPS) is 11.4. The van der Waals surface area contributed by atoms with Crippen LogP contribution < -0.4 is 4.74 Å². The van der Waals surface area contributed by atoms with Gasteiger partial charge in [-0.2, -0.15) is 0 Å². The van der Waals surface area contributed by atoms with E-state index in [0.29, 0.717) is 22.5 Å². The predicted molar refractivity (Wildman–Crippen MR) is 122 cm³/mol. The fourth-order valence-corrected chi connectivity index (χ4v) is 2.99. The molecule has 0 atom stereocenters. The second-order valence-corrected chi connectivity index (χ2v) is 8.86. The summed E-state index contributed by atoms with van der Waals surface area (Å²) in [6, 6.07) is 11.4. The highest BCUT2D eigenvalue weighted by Gasteiger charge is 2.25. The highest BCUT2D eigenvalue weighted by atomic mass is 16.7. The lowest BCUT2D eigenvalue weighted by Crippen LogP contribution is -2.17. The molecule has 0 spiro atoms. The lowest BCUT2D eigenvalue weighted by atomic mass is 9.92. The topological polar surface area (TPSA) is 101 Å². The van der Waals surface area contributed by atoms with E-state index in [1.165, 1.54) is 0 Å². The van der Waals surface area contributed by atoms with Gasteiger partial charge in [0.1, 0.15) is 17.9 Å². The number of aromatic nitrogens is 2. The maximum atomic E-state index is 12.4. The number of benzene rings is 1. The predicted octanol–water partition coefficient (Wildman–Crippen LogP) is 4.87. The second-order valence-electron chi connectivity index (χ2n) is 8.86. The Bertz CT molecular complexity index is 1160. The van der Waals surface area contributed by atoms with E-state index in [9.17, 15) is 9.59 Å². The molecule has 2 aromatic heterocycles. The standard InChI is InChI=1S/C25H28N2O6/c1-16(2)23(29)31-13-12-30-15-20-22(19-11-10-17-8-6-7-9-18(17)26-19)24(33-27-20)32-21(28)14-25(3,4)5/h6-11H,1,12-15H2,2-5H3. The number of hydrogen-bond acceptors (Lipinski definition) is 8. The zero-order valence-corrected chi connectivity index (χ0v) is 19.3. The van der Waals surface area contributed by atoms with Gasteiger partial charge in [-0.15, -0.1) is 0 Å². The minimum absolute atomic E-state index is 0.0284. The van der Waals surface area contributed by atoms with Crippen molar-refractivity contribution < 1.29 is 28.3 Å². The van der Waals surface area contributed by atoms with E-state index in [1.54, 1.807) is 6.92 Å². The van der Waals surface area contributed by atoms with Crippen LogP contribution >= 0.6 is 0 Å². The molecule has 3 aromatic rings. The molecule has 174 valence electrons. The molecule has 0 aliphatic carbocycles. The molecule has 0 aliphatic rings. The molecule has 3 rings (SSSR count). The van der Waals surface area contributed by atoms with Crippen LogP contribution in [0.3, 0.4) is 0 Å². The molecule has 0 N–H and O–H groups in total. The molecule has 0 saturated carbocycles. The van der Waals surface area contributed by atoms with Gasteiger partial charge in [-0.05, 0) is 24.5 Å². The molecule has 0 unspecified atom stereocenters. The van der Waals surface area contributed by atoms with E-state index < -0.39 is 11.9 Å². The first-order valence-corrected chi connectivity index (χ1v) is 10.6. The Morgan fingerprint density at radius 2 is 1.85 bits per heavy atom. The van der Waals surface area contributed by atoms with Crippen LogP contribution in [0.15, 0.2) is 53.1 Å².